The van der Waals surface area contributed by atoms with E-state index in [4.69, 9.17) is 18.5 Å². The molecule has 2 unspecified atom stereocenters. The van der Waals surface area contributed by atoms with E-state index in [0.717, 1.165) is 83.5 Å². The Kier molecular flexibility index (Phi) is 51.8. The smallest absolute Gasteiger partial charge is 0.306 e. The van der Waals surface area contributed by atoms with Gasteiger partial charge in [-0.2, -0.15) is 0 Å². The number of unbranched alkanes of at least 4 members (excludes halogenated alkanes) is 23. The van der Waals surface area contributed by atoms with Gasteiger partial charge in [0.05, 0.1) is 34.4 Å². The number of ether oxygens (including phenoxy) is 2. The summed E-state index contributed by atoms with van der Waals surface area (Å²) in [7, 11) is 1.34. The predicted octanol–water partition coefficient (Wildman–Crippen LogP) is 17.9. The fourth-order valence-corrected chi connectivity index (χ4v) is 8.43. The SMILES string of the molecule is CC/C=C\C/C=C\C/C=C\C/C=C\C/C=C\CCCCCCCCCCCC(=O)OC(COCCCCCCCCCCC/C=C\C/C=C\C/C=C\CCCCCCC)COP(=O)([O-])OCC[N+](C)(C)C. The Bertz CT molecular complexity index is 1460. The van der Waals surface area contributed by atoms with Crippen LogP contribution in [-0.2, 0) is 27.9 Å². The van der Waals surface area contributed by atoms with Gasteiger partial charge in [0.1, 0.15) is 19.3 Å². The molecule has 0 aliphatic heterocycles. The summed E-state index contributed by atoms with van der Waals surface area (Å²) < 4.78 is 34.9. The lowest BCUT2D eigenvalue weighted by molar-refractivity contribution is -0.870. The molecule has 0 saturated carbocycles. The summed E-state index contributed by atoms with van der Waals surface area (Å²) in [5, 5.41) is 0. The number of hydrogen-bond acceptors (Lipinski definition) is 7. The van der Waals surface area contributed by atoms with E-state index in [1.54, 1.807) is 0 Å². The van der Waals surface area contributed by atoms with Crippen molar-refractivity contribution in [1.29, 1.82) is 0 Å². The molecule has 0 aliphatic rings. The van der Waals surface area contributed by atoms with E-state index in [1.807, 2.05) is 21.1 Å². The average Bonchev–Trinajstić information content (AvgIpc) is 3.33. The molecule has 9 heteroatoms. The summed E-state index contributed by atoms with van der Waals surface area (Å²) in [6.45, 7) is 5.27. The molecule has 0 saturated heterocycles. The van der Waals surface area contributed by atoms with Gasteiger partial charge in [0.25, 0.3) is 7.82 Å². The summed E-state index contributed by atoms with van der Waals surface area (Å²) in [4.78, 5) is 25.3. The van der Waals surface area contributed by atoms with Crippen molar-refractivity contribution >= 4 is 13.8 Å². The van der Waals surface area contributed by atoms with E-state index in [2.05, 4.69) is 111 Å². The fraction of sp³-hybridized carbons (Fsp3) is 0.726. The lowest BCUT2D eigenvalue weighted by Crippen LogP contribution is -2.37. The minimum absolute atomic E-state index is 0.0188. The van der Waals surface area contributed by atoms with Crippen LogP contribution in [-0.4, -0.2) is 70.7 Å². The van der Waals surface area contributed by atoms with Crippen molar-refractivity contribution in [3.05, 3.63) is 97.2 Å². The third-order valence-electron chi connectivity index (χ3n) is 12.1. The number of rotatable bonds is 53. The highest BCUT2D eigenvalue weighted by atomic mass is 31.2. The van der Waals surface area contributed by atoms with Gasteiger partial charge in [-0.25, -0.2) is 0 Å². The summed E-state index contributed by atoms with van der Waals surface area (Å²) in [6, 6.07) is 0. The molecule has 8 nitrogen and oxygen atoms in total. The van der Waals surface area contributed by atoms with Gasteiger partial charge in [-0.15, -0.1) is 0 Å². The molecule has 0 aliphatic carbocycles. The Hall–Kier alpha value is -2.58. The standard InChI is InChI=1S/C62H110NO7P/c1-6-8-10-12-14-16-18-20-22-24-26-28-30-32-33-35-37-39-41-43-45-47-49-51-53-55-62(64)70-61(60-69-71(65,66)68-58-56-63(3,4)5)59-67-57-54-52-50-48-46-44-42-40-38-36-34-31-29-27-25-23-21-19-17-15-13-11-9-7-2/h8,10,14,16,19-22,25-28,31-34,61H,6-7,9,11-13,15,17-18,23-24,29-30,35-60H2,1-5H3/b10-8-,16-14-,21-19-,22-20-,27-25-,28-26-,33-32-,34-31-. The summed E-state index contributed by atoms with van der Waals surface area (Å²) in [6.07, 6.45) is 74.4. The van der Waals surface area contributed by atoms with Gasteiger partial charge in [0, 0.05) is 13.0 Å². The predicted molar refractivity (Wildman–Crippen MR) is 305 cm³/mol. The Labute approximate surface area is 438 Å². The molecule has 2 atom stereocenters. The number of esters is 1. The summed E-state index contributed by atoms with van der Waals surface area (Å²) >= 11 is 0. The first kappa shape index (κ1) is 68.4. The molecule has 410 valence electrons. The lowest BCUT2D eigenvalue weighted by atomic mass is 10.1. The molecule has 0 bridgehead atoms. The number of quaternary nitrogens is 1. The van der Waals surface area contributed by atoms with Gasteiger partial charge in [-0.1, -0.05) is 227 Å². The molecule has 0 spiro atoms. The Morgan fingerprint density at radius 2 is 0.817 bits per heavy atom. The van der Waals surface area contributed by atoms with Gasteiger partial charge < -0.3 is 27.9 Å². The third kappa shape index (κ3) is 58.2. The van der Waals surface area contributed by atoms with Gasteiger partial charge in [-0.05, 0) is 96.3 Å². The average molecular weight is 1010 g/mol. The van der Waals surface area contributed by atoms with Crippen LogP contribution in [0.25, 0.3) is 0 Å². The number of allylic oxidation sites excluding steroid dienone is 16. The highest BCUT2D eigenvalue weighted by Gasteiger charge is 2.20. The second-order valence-electron chi connectivity index (χ2n) is 20.3. The molecule has 71 heavy (non-hydrogen) atoms. The first-order chi connectivity index (χ1) is 34.6. The molecule has 0 heterocycles. The zero-order valence-corrected chi connectivity index (χ0v) is 47.5. The first-order valence-electron chi connectivity index (χ1n) is 29.0. The van der Waals surface area contributed by atoms with Crippen LogP contribution in [0.3, 0.4) is 0 Å². The Balaban J connectivity index is 4.13. The van der Waals surface area contributed by atoms with Crippen LogP contribution in [0.15, 0.2) is 97.2 Å². The van der Waals surface area contributed by atoms with Crippen LogP contribution in [0.4, 0.5) is 0 Å². The van der Waals surface area contributed by atoms with Crippen molar-refractivity contribution in [3.63, 3.8) is 0 Å². The zero-order chi connectivity index (χ0) is 51.9. The quantitative estimate of drug-likeness (QED) is 0.0197. The molecule has 0 fully saturated rings. The molecule has 0 rings (SSSR count). The molecule has 0 radical (unpaired) electrons. The number of carbonyl (C=O) groups is 1. The monoisotopic (exact) mass is 1010 g/mol. The highest BCUT2D eigenvalue weighted by molar-refractivity contribution is 7.45. The molecule has 0 aromatic rings. The van der Waals surface area contributed by atoms with Crippen molar-refractivity contribution < 1.29 is 37.3 Å². The summed E-state index contributed by atoms with van der Waals surface area (Å²) in [5.74, 6) is -0.344. The normalized spacial score (nSPS) is 14.2. The highest BCUT2D eigenvalue weighted by Crippen LogP contribution is 2.38. The van der Waals surface area contributed by atoms with Crippen molar-refractivity contribution in [2.75, 3.05) is 54.1 Å². The van der Waals surface area contributed by atoms with Crippen LogP contribution in [0, 0.1) is 0 Å². The third-order valence-corrected chi connectivity index (χ3v) is 13.1. The molecular weight excluding hydrogens is 902 g/mol. The molecule has 0 aromatic carbocycles. The van der Waals surface area contributed by atoms with Crippen molar-refractivity contribution in [2.45, 2.75) is 238 Å². The minimum atomic E-state index is -4.55. The number of phosphoric ester groups is 1. The van der Waals surface area contributed by atoms with Gasteiger partial charge >= 0.3 is 5.97 Å². The van der Waals surface area contributed by atoms with Crippen LogP contribution in [0.5, 0.6) is 0 Å². The summed E-state index contributed by atoms with van der Waals surface area (Å²) in [5.41, 5.74) is 0. The van der Waals surface area contributed by atoms with E-state index >= 15 is 0 Å². The lowest BCUT2D eigenvalue weighted by Gasteiger charge is -2.28. The minimum Gasteiger partial charge on any atom is -0.756 e. The van der Waals surface area contributed by atoms with E-state index in [-0.39, 0.29) is 25.8 Å². The maximum absolute atomic E-state index is 12.8. The molecular formula is C62H110NO7P. The molecule has 0 aromatic heterocycles. The van der Waals surface area contributed by atoms with E-state index in [9.17, 15) is 14.3 Å². The Morgan fingerprint density at radius 3 is 1.23 bits per heavy atom. The van der Waals surface area contributed by atoms with Gasteiger partial charge in [0.15, 0.2) is 0 Å². The maximum atomic E-state index is 12.8. The maximum Gasteiger partial charge on any atom is 0.306 e. The molecule has 0 amide bonds. The van der Waals surface area contributed by atoms with Crippen LogP contribution in [0.2, 0.25) is 0 Å². The first-order valence-corrected chi connectivity index (χ1v) is 30.4. The topological polar surface area (TPSA) is 94.1 Å². The molecule has 0 N–H and O–H groups in total. The number of carbonyl (C=O) groups excluding carboxylic acids is 1. The van der Waals surface area contributed by atoms with Crippen LogP contribution < -0.4 is 4.89 Å². The van der Waals surface area contributed by atoms with Crippen molar-refractivity contribution in [3.8, 4) is 0 Å². The van der Waals surface area contributed by atoms with E-state index < -0.39 is 13.9 Å². The van der Waals surface area contributed by atoms with Gasteiger partial charge in [-0.3, -0.25) is 9.36 Å². The Morgan fingerprint density at radius 1 is 0.451 bits per heavy atom. The van der Waals surface area contributed by atoms with E-state index in [1.165, 1.54) is 128 Å². The number of phosphoric acid groups is 1. The van der Waals surface area contributed by atoms with Gasteiger partial charge in [0.2, 0.25) is 0 Å². The largest absolute Gasteiger partial charge is 0.756 e. The number of hydrogen-bond donors (Lipinski definition) is 0. The second kappa shape index (κ2) is 53.7. The number of likely N-dealkylation sites (N-methyl/N-ethyl adjacent to an activating group) is 1. The fourth-order valence-electron chi connectivity index (χ4n) is 7.70. The van der Waals surface area contributed by atoms with Crippen molar-refractivity contribution in [2.24, 2.45) is 0 Å². The van der Waals surface area contributed by atoms with Crippen LogP contribution in [0.1, 0.15) is 232 Å². The van der Waals surface area contributed by atoms with E-state index in [0.29, 0.717) is 24.1 Å². The zero-order valence-electron chi connectivity index (χ0n) is 46.6. The van der Waals surface area contributed by atoms with Crippen molar-refractivity contribution in [1.82, 2.24) is 0 Å². The van der Waals surface area contributed by atoms with Crippen LogP contribution >= 0.6 is 7.82 Å². The number of nitrogens with zero attached hydrogens (tertiary/aromatic N) is 1. The second-order valence-corrected chi connectivity index (χ2v) is 21.7.